The summed E-state index contributed by atoms with van der Waals surface area (Å²) in [7, 11) is -4.73. The maximum absolute atomic E-state index is 11.7. The van der Waals surface area contributed by atoms with Gasteiger partial charge < -0.3 is 0 Å². The zero-order valence-corrected chi connectivity index (χ0v) is 10.0. The third kappa shape index (κ3) is 9.54. The Bertz CT molecular complexity index is 136. The van der Waals surface area contributed by atoms with E-state index >= 15 is 0 Å². The van der Waals surface area contributed by atoms with Crippen LogP contribution in [-0.4, -0.2) is 13.4 Å². The molecule has 0 aromatic carbocycles. The van der Waals surface area contributed by atoms with Crippen molar-refractivity contribution in [1.29, 1.82) is 0 Å². The van der Waals surface area contributed by atoms with E-state index in [9.17, 15) is 8.76 Å². The van der Waals surface area contributed by atoms with Gasteiger partial charge in [0.15, 0.2) is 0 Å². The van der Waals surface area contributed by atoms with Crippen LogP contribution in [-0.2, 0) is 9.09 Å². The summed E-state index contributed by atoms with van der Waals surface area (Å²) in [4.78, 5) is 7.99. The Morgan fingerprint density at radius 2 is 2.20 bits per heavy atom. The Balaban J connectivity index is 3.30. The van der Waals surface area contributed by atoms with Crippen LogP contribution < -0.4 is 0 Å². The average molecular weight is 394 g/mol. The summed E-state index contributed by atoms with van der Waals surface area (Å²) in [6.07, 6.45) is 0.565. The number of alkyl halides is 2. The van der Waals surface area contributed by atoms with E-state index in [0.717, 1.165) is 0 Å². The molecule has 0 bridgehead atoms. The second-order valence-corrected chi connectivity index (χ2v) is 8.02. The van der Waals surface area contributed by atoms with Crippen molar-refractivity contribution in [3.63, 3.8) is 0 Å². The van der Waals surface area contributed by atoms with Gasteiger partial charge in [0.1, 0.15) is 0 Å². The molecule has 3 nitrogen and oxygen atoms in total. The highest BCUT2D eigenvalue weighted by atomic mass is 127. The van der Waals surface area contributed by atoms with E-state index in [-0.39, 0.29) is 6.61 Å². The molecule has 0 rings (SSSR count). The minimum absolute atomic E-state index is 0.0131. The number of rotatable bonds is 4. The smallest absolute Gasteiger partial charge is 0.299 e. The Labute approximate surface area is 85.7 Å². The largest absolute Gasteiger partial charge is 0.510 e. The molecule has 10 heavy (non-hydrogen) atoms. The van der Waals surface area contributed by atoms with Crippen LogP contribution in [0.5, 0.6) is 0 Å². The third-order valence-corrected chi connectivity index (χ3v) is 2.33. The summed E-state index contributed by atoms with van der Waals surface area (Å²) >= 11 is 4.21. The molecule has 62 valence electrons. The van der Waals surface area contributed by atoms with E-state index in [1.54, 1.807) is 0 Å². The highest BCUT2D eigenvalue weighted by molar-refractivity contribution is 14.2. The fourth-order valence-corrected chi connectivity index (χ4v) is 1.09. The van der Waals surface area contributed by atoms with Gasteiger partial charge in [-0.15, -0.1) is 4.20 Å². The molecule has 0 aliphatic carbocycles. The molecule has 0 aromatic rings. The highest BCUT2D eigenvalue weighted by Gasteiger charge is 2.16. The lowest BCUT2D eigenvalue weighted by molar-refractivity contribution is 0.227. The van der Waals surface area contributed by atoms with Crippen molar-refractivity contribution in [1.82, 2.24) is 0 Å². The second kappa shape index (κ2) is 5.23. The first-order valence-electron chi connectivity index (χ1n) is 2.37. The van der Waals surface area contributed by atoms with E-state index in [2.05, 4.69) is 49.7 Å². The maximum atomic E-state index is 11.7. The van der Waals surface area contributed by atoms with Crippen LogP contribution in [0.2, 0.25) is 0 Å². The van der Waals surface area contributed by atoms with Crippen molar-refractivity contribution < 1.29 is 18.2 Å². The van der Waals surface area contributed by atoms with Crippen molar-refractivity contribution in [2.75, 3.05) is 6.61 Å². The number of hydrogen-bond acceptors (Lipinski definition) is 2. The first-order chi connectivity index (χ1) is 4.42. The molecular weight excluding hydrogens is 388 g/mol. The molecule has 0 aliphatic rings. The molecule has 0 saturated carbocycles. The number of hydrogen-bond donors (Lipinski definition) is 1. The lowest BCUT2D eigenvalue weighted by atomic mass is 10.5. The lowest BCUT2D eigenvalue weighted by Gasteiger charge is -2.02. The lowest BCUT2D eigenvalue weighted by Crippen LogP contribution is -1.94. The summed E-state index contributed by atoms with van der Waals surface area (Å²) in [5, 5.41) is 0. The molecule has 7 heteroatoms. The van der Waals surface area contributed by atoms with Gasteiger partial charge in [-0.2, -0.15) is 0 Å². The predicted octanol–water partition coefficient (Wildman–Crippen LogP) is 2.66. The van der Waals surface area contributed by atoms with Crippen LogP contribution in [0.3, 0.4) is 0 Å². The first-order valence-corrected chi connectivity index (χ1v) is 6.33. The quantitative estimate of drug-likeness (QED) is 0.454. The van der Waals surface area contributed by atoms with Gasteiger partial charge in [-0.1, -0.05) is 45.2 Å². The summed E-state index contributed by atoms with van der Waals surface area (Å²) < 4.78 is 25.8. The third-order valence-electron chi connectivity index (χ3n) is 0.587. The van der Waals surface area contributed by atoms with Crippen LogP contribution in [0.4, 0.5) is 4.20 Å². The predicted molar refractivity (Wildman–Crippen MR) is 53.3 cm³/mol. The molecule has 0 radical (unpaired) electrons. The fraction of sp³-hybridized carbons (Fsp3) is 1.00. The Kier molecular flexibility index (Phi) is 6.04. The van der Waals surface area contributed by atoms with Gasteiger partial charge in [0.2, 0.25) is 0 Å². The molecule has 0 amide bonds. The van der Waals surface area contributed by atoms with Gasteiger partial charge in [0.25, 0.3) is 0 Å². The maximum Gasteiger partial charge on any atom is 0.510 e. The Hall–Kier alpha value is 1.54. The summed E-state index contributed by atoms with van der Waals surface area (Å²) in [5.41, 5.74) is 0. The van der Waals surface area contributed by atoms with E-state index in [1.807, 2.05) is 0 Å². The standard InChI is InChI=1S/C3H6FI2O3P/c4-10(7,8)9-2-1-3(5)6/h3H,1-2H2,(H,7,8). The van der Waals surface area contributed by atoms with Crippen molar-refractivity contribution in [2.45, 2.75) is 8.35 Å². The summed E-state index contributed by atoms with van der Waals surface area (Å²) in [5.74, 6) is 0. The fourth-order valence-electron chi connectivity index (χ4n) is 0.254. The van der Waals surface area contributed by atoms with Gasteiger partial charge in [-0.05, 0) is 6.42 Å². The van der Waals surface area contributed by atoms with E-state index in [4.69, 9.17) is 4.89 Å². The topological polar surface area (TPSA) is 46.5 Å². The van der Waals surface area contributed by atoms with Crippen LogP contribution in [0, 0.1) is 0 Å². The first kappa shape index (κ1) is 11.5. The molecule has 1 atom stereocenters. The molecule has 0 aliphatic heterocycles. The van der Waals surface area contributed by atoms with E-state index < -0.39 is 7.91 Å². The van der Waals surface area contributed by atoms with E-state index in [1.165, 1.54) is 0 Å². The molecule has 1 unspecified atom stereocenters. The van der Waals surface area contributed by atoms with E-state index in [0.29, 0.717) is 8.35 Å². The van der Waals surface area contributed by atoms with Crippen molar-refractivity contribution in [3.8, 4) is 0 Å². The zero-order valence-electron chi connectivity index (χ0n) is 4.84. The molecular formula is C3H6FI2O3P. The normalized spacial score (nSPS) is 17.3. The molecule has 0 spiro atoms. The van der Waals surface area contributed by atoms with Gasteiger partial charge >= 0.3 is 7.91 Å². The molecule has 0 aromatic heterocycles. The number of halogens is 3. The molecule has 0 heterocycles. The monoisotopic (exact) mass is 394 g/mol. The molecule has 0 saturated heterocycles. The van der Waals surface area contributed by atoms with Gasteiger partial charge in [-0.25, -0.2) is 4.57 Å². The van der Waals surface area contributed by atoms with Crippen LogP contribution in [0.25, 0.3) is 0 Å². The summed E-state index contributed by atoms with van der Waals surface area (Å²) in [6, 6.07) is 0. The van der Waals surface area contributed by atoms with Crippen molar-refractivity contribution >= 4 is 53.1 Å². The Morgan fingerprint density at radius 1 is 1.70 bits per heavy atom. The SMILES string of the molecule is O=P(O)(F)OCCC(I)I. The van der Waals surface area contributed by atoms with Gasteiger partial charge in [0.05, 0.1) is 8.54 Å². The van der Waals surface area contributed by atoms with Crippen LogP contribution in [0.15, 0.2) is 0 Å². The highest BCUT2D eigenvalue weighted by Crippen LogP contribution is 2.43. The van der Waals surface area contributed by atoms with Crippen LogP contribution >= 0.6 is 53.1 Å². The van der Waals surface area contributed by atoms with Gasteiger partial charge in [-0.3, -0.25) is 9.42 Å². The summed E-state index contributed by atoms with van der Waals surface area (Å²) in [6.45, 7) is -0.0131. The van der Waals surface area contributed by atoms with Crippen LogP contribution in [0.1, 0.15) is 6.42 Å². The average Bonchev–Trinajstić information content (AvgIpc) is 1.59. The van der Waals surface area contributed by atoms with Gasteiger partial charge in [0, 0.05) is 0 Å². The minimum atomic E-state index is -4.73. The minimum Gasteiger partial charge on any atom is -0.299 e. The second-order valence-electron chi connectivity index (χ2n) is 1.46. The van der Waals surface area contributed by atoms with Crippen molar-refractivity contribution in [3.05, 3.63) is 0 Å². The molecule has 0 fully saturated rings. The molecule has 1 N–H and O–H groups in total. The zero-order chi connectivity index (χ0) is 8.20. The van der Waals surface area contributed by atoms with Crippen molar-refractivity contribution in [2.24, 2.45) is 0 Å². The Morgan fingerprint density at radius 3 is 2.50 bits per heavy atom.